The molecule has 0 amide bonds. The van der Waals surface area contributed by atoms with E-state index in [2.05, 4.69) is 115 Å². The number of aromatic nitrogens is 3. The molecule has 1 unspecified atom stereocenters. The lowest BCUT2D eigenvalue weighted by atomic mass is 9.93. The Bertz CT molecular complexity index is 3210. The number of thiophene rings is 1. The van der Waals surface area contributed by atoms with Crippen molar-refractivity contribution in [2.45, 2.75) is 6.17 Å². The van der Waals surface area contributed by atoms with Gasteiger partial charge in [0.25, 0.3) is 0 Å². The van der Waals surface area contributed by atoms with Crippen molar-refractivity contribution >= 4 is 43.2 Å². The van der Waals surface area contributed by atoms with Crippen LogP contribution in [0.2, 0.25) is 0 Å². The monoisotopic (exact) mass is 800 g/mol. The number of hydrogen-bond donors (Lipinski definition) is 1. The Balaban J connectivity index is 1.05. The number of nitrogens with zero attached hydrogens (tertiary/aromatic N) is 5. The van der Waals surface area contributed by atoms with Gasteiger partial charge in [-0.3, -0.25) is 0 Å². The maximum Gasteiger partial charge on any atom is 0.164 e. The predicted molar refractivity (Wildman–Crippen MR) is 252 cm³/mol. The van der Waals surface area contributed by atoms with Crippen molar-refractivity contribution < 1.29 is 0 Å². The zero-order valence-electron chi connectivity index (χ0n) is 32.9. The molecule has 61 heavy (non-hydrogen) atoms. The van der Waals surface area contributed by atoms with Crippen LogP contribution >= 0.6 is 11.3 Å². The molecule has 6 nitrogen and oxygen atoms in total. The Hall–Kier alpha value is -7.87. The first-order chi connectivity index (χ1) is 30.2. The van der Waals surface area contributed by atoms with Crippen LogP contribution in [0.4, 0.5) is 0 Å². The smallest absolute Gasteiger partial charge is 0.164 e. The van der Waals surface area contributed by atoms with Gasteiger partial charge in [0.15, 0.2) is 23.3 Å². The van der Waals surface area contributed by atoms with E-state index in [4.69, 9.17) is 24.9 Å². The number of amidine groups is 2. The Morgan fingerprint density at radius 3 is 1.61 bits per heavy atom. The summed E-state index contributed by atoms with van der Waals surface area (Å²) in [6.07, 6.45) is -0.279. The van der Waals surface area contributed by atoms with E-state index in [0.29, 0.717) is 23.3 Å². The normalized spacial score (nSPS) is 13.7. The van der Waals surface area contributed by atoms with Gasteiger partial charge in [-0.15, -0.1) is 11.3 Å². The van der Waals surface area contributed by atoms with E-state index < -0.39 is 0 Å². The fraction of sp³-hybridized carbons (Fsp3) is 0.0185. The maximum absolute atomic E-state index is 5.17. The third kappa shape index (κ3) is 7.17. The molecule has 11 rings (SSSR count). The van der Waals surface area contributed by atoms with Gasteiger partial charge in [-0.05, 0) is 58.1 Å². The van der Waals surface area contributed by atoms with Gasteiger partial charge in [-0.2, -0.15) is 0 Å². The summed E-state index contributed by atoms with van der Waals surface area (Å²) in [6.45, 7) is 0. The first-order valence-electron chi connectivity index (χ1n) is 20.3. The summed E-state index contributed by atoms with van der Waals surface area (Å²) < 4.78 is 2.46. The molecule has 0 radical (unpaired) electrons. The summed E-state index contributed by atoms with van der Waals surface area (Å²) in [5.74, 6) is 3.37. The van der Waals surface area contributed by atoms with Crippen molar-refractivity contribution in [2.75, 3.05) is 0 Å². The van der Waals surface area contributed by atoms with E-state index in [9.17, 15) is 0 Å². The molecular weight excluding hydrogens is 765 g/mol. The third-order valence-corrected chi connectivity index (χ3v) is 12.1. The van der Waals surface area contributed by atoms with Crippen LogP contribution in [0.3, 0.4) is 0 Å². The summed E-state index contributed by atoms with van der Waals surface area (Å²) in [6, 6.07) is 71.3. The summed E-state index contributed by atoms with van der Waals surface area (Å²) in [5, 5.41) is 6.05. The Morgan fingerprint density at radius 1 is 0.393 bits per heavy atom. The summed E-state index contributed by atoms with van der Waals surface area (Å²) in [7, 11) is 0. The molecule has 0 saturated carbocycles. The van der Waals surface area contributed by atoms with Crippen LogP contribution in [-0.2, 0) is 0 Å². The van der Waals surface area contributed by atoms with Crippen molar-refractivity contribution in [3.8, 4) is 56.4 Å². The van der Waals surface area contributed by atoms with Gasteiger partial charge in [0, 0.05) is 48.0 Å². The van der Waals surface area contributed by atoms with Gasteiger partial charge >= 0.3 is 0 Å². The number of fused-ring (bicyclic) bond motifs is 3. The van der Waals surface area contributed by atoms with Gasteiger partial charge in [0.1, 0.15) is 12.0 Å². The first kappa shape index (κ1) is 36.2. The van der Waals surface area contributed by atoms with E-state index in [1.165, 1.54) is 20.2 Å². The zero-order valence-corrected chi connectivity index (χ0v) is 33.7. The quantitative estimate of drug-likeness (QED) is 0.166. The van der Waals surface area contributed by atoms with Gasteiger partial charge < -0.3 is 5.32 Å². The van der Waals surface area contributed by atoms with Crippen LogP contribution in [0.5, 0.6) is 0 Å². The number of hydrogen-bond acceptors (Lipinski definition) is 7. The largest absolute Gasteiger partial charge is 0.344 e. The van der Waals surface area contributed by atoms with E-state index in [-0.39, 0.29) is 6.17 Å². The minimum absolute atomic E-state index is 0.279. The third-order valence-electron chi connectivity index (χ3n) is 11.0. The molecule has 2 aromatic heterocycles. The van der Waals surface area contributed by atoms with E-state index in [1.807, 2.05) is 108 Å². The van der Waals surface area contributed by atoms with Crippen molar-refractivity contribution in [2.24, 2.45) is 9.98 Å². The number of rotatable bonds is 8. The van der Waals surface area contributed by atoms with Crippen LogP contribution in [0.15, 0.2) is 216 Å². The molecule has 8 aromatic carbocycles. The fourth-order valence-electron chi connectivity index (χ4n) is 7.98. The second-order valence-electron chi connectivity index (χ2n) is 14.9. The van der Waals surface area contributed by atoms with Gasteiger partial charge in [0.05, 0.1) is 0 Å². The van der Waals surface area contributed by atoms with Gasteiger partial charge in [0.2, 0.25) is 0 Å². The standard InChI is InChI=1S/C54H36N6S/c1-5-17-35(18-6-1)49-55-50(36-19-7-2-8-20-36)58-53(57-49)41-27-15-25-39(31-41)43-33-45(48-44-29-13-14-30-46(44)61-47(48)34-43)40-26-16-28-42(32-40)54-59-51(37-21-9-3-10-22-37)56-52(60-54)38-23-11-4-12-24-38/h1-34,49H,(H,55,57,58). The highest BCUT2D eigenvalue weighted by molar-refractivity contribution is 7.26. The van der Waals surface area contributed by atoms with E-state index >= 15 is 0 Å². The second-order valence-corrected chi connectivity index (χ2v) is 16.0. The molecule has 7 heteroatoms. The molecule has 0 bridgehead atoms. The molecule has 1 aliphatic heterocycles. The lowest BCUT2D eigenvalue weighted by Gasteiger charge is -2.23. The molecule has 3 heterocycles. The van der Waals surface area contributed by atoms with Crippen molar-refractivity contribution in [1.29, 1.82) is 0 Å². The Labute approximate surface area is 357 Å². The summed E-state index contributed by atoms with van der Waals surface area (Å²) in [4.78, 5) is 25.3. The van der Waals surface area contributed by atoms with Gasteiger partial charge in [-0.1, -0.05) is 176 Å². The fourth-order valence-corrected chi connectivity index (χ4v) is 9.15. The molecule has 1 aliphatic rings. The Kier molecular flexibility index (Phi) is 9.33. The summed E-state index contributed by atoms with van der Waals surface area (Å²) in [5.41, 5.74) is 10.3. The molecule has 1 atom stereocenters. The van der Waals surface area contributed by atoms with Crippen LogP contribution in [0.25, 0.3) is 76.6 Å². The number of aliphatic imine (C=N–C) groups is 2. The lowest BCUT2D eigenvalue weighted by Crippen LogP contribution is -2.33. The first-order valence-corrected chi connectivity index (χ1v) is 21.1. The molecule has 0 spiro atoms. The van der Waals surface area contributed by atoms with Crippen molar-refractivity contribution in [1.82, 2.24) is 20.3 Å². The molecule has 0 fully saturated rings. The average molecular weight is 801 g/mol. The topological polar surface area (TPSA) is 75.4 Å². The molecule has 0 saturated heterocycles. The maximum atomic E-state index is 5.17. The van der Waals surface area contributed by atoms with Crippen molar-refractivity contribution in [3.63, 3.8) is 0 Å². The van der Waals surface area contributed by atoms with Crippen LogP contribution in [-0.4, -0.2) is 26.6 Å². The minimum Gasteiger partial charge on any atom is -0.344 e. The average Bonchev–Trinajstić information content (AvgIpc) is 3.73. The number of benzene rings is 8. The highest BCUT2D eigenvalue weighted by atomic mass is 32.1. The van der Waals surface area contributed by atoms with E-state index in [1.54, 1.807) is 0 Å². The lowest BCUT2D eigenvalue weighted by molar-refractivity contribution is 0.674. The minimum atomic E-state index is -0.279. The van der Waals surface area contributed by atoms with Gasteiger partial charge in [-0.25, -0.2) is 24.9 Å². The molecule has 1 N–H and O–H groups in total. The highest BCUT2D eigenvalue weighted by Gasteiger charge is 2.22. The highest BCUT2D eigenvalue weighted by Crippen LogP contribution is 2.43. The zero-order chi connectivity index (χ0) is 40.5. The number of nitrogens with one attached hydrogen (secondary N) is 1. The van der Waals surface area contributed by atoms with Crippen molar-refractivity contribution in [3.05, 3.63) is 223 Å². The molecule has 0 aliphatic carbocycles. The SMILES string of the molecule is c1ccc(C2=NC(c3cccc(-c4cc(-c5cccc(-c6nc(-c7ccccc7)nc(-c7ccccc7)n6)c5)c5c(c4)sc4ccccc45)c3)=NC(c3ccccc3)N2)cc1. The molecule has 288 valence electrons. The van der Waals surface area contributed by atoms with E-state index in [0.717, 1.165) is 61.5 Å². The van der Waals surface area contributed by atoms with Crippen LogP contribution in [0, 0.1) is 0 Å². The Morgan fingerprint density at radius 2 is 0.918 bits per heavy atom. The van der Waals surface area contributed by atoms with Crippen LogP contribution < -0.4 is 5.32 Å². The predicted octanol–water partition coefficient (Wildman–Crippen LogP) is 13.1. The molecule has 10 aromatic rings. The second kappa shape index (κ2) is 15.7. The van der Waals surface area contributed by atoms with Crippen LogP contribution in [0.1, 0.15) is 22.9 Å². The molecular formula is C54H36N6S. The summed E-state index contributed by atoms with van der Waals surface area (Å²) >= 11 is 1.82.